The molecule has 0 saturated heterocycles. The van der Waals surface area contributed by atoms with E-state index < -0.39 is 0 Å². The molecule has 4 aromatic rings. The van der Waals surface area contributed by atoms with Crippen LogP contribution in [0.4, 0.5) is 16.3 Å². The molecule has 5 rings (SSSR count). The Balaban J connectivity index is 1.21. The molecule has 2 amide bonds. The predicted molar refractivity (Wildman–Crippen MR) is 132 cm³/mol. The van der Waals surface area contributed by atoms with Crippen molar-refractivity contribution in [2.24, 2.45) is 0 Å². The molecule has 1 heterocycles. The average molecular weight is 439 g/mol. The fourth-order valence-electron chi connectivity index (χ4n) is 4.27. The van der Waals surface area contributed by atoms with E-state index in [0.29, 0.717) is 12.6 Å². The zero-order valence-corrected chi connectivity index (χ0v) is 18.5. The van der Waals surface area contributed by atoms with E-state index in [9.17, 15) is 4.79 Å². The highest BCUT2D eigenvalue weighted by Crippen LogP contribution is 2.33. The Hall–Kier alpha value is -4.06. The summed E-state index contributed by atoms with van der Waals surface area (Å²) in [6.07, 6.45) is 2.17. The molecule has 3 aromatic carbocycles. The van der Waals surface area contributed by atoms with Crippen LogP contribution in [-0.2, 0) is 13.0 Å². The van der Waals surface area contributed by atoms with Gasteiger partial charge < -0.3 is 20.7 Å². The van der Waals surface area contributed by atoms with Gasteiger partial charge in [-0.25, -0.2) is 9.78 Å². The van der Waals surface area contributed by atoms with Gasteiger partial charge in [0.1, 0.15) is 11.6 Å². The largest absolute Gasteiger partial charge is 0.497 e. The smallest absolute Gasteiger partial charge is 0.319 e. The lowest BCUT2D eigenvalue weighted by Crippen LogP contribution is -2.28. The molecule has 0 fully saturated rings. The molecule has 3 N–H and O–H groups in total. The highest BCUT2D eigenvalue weighted by molar-refractivity contribution is 5.92. The molecule has 166 valence electrons. The number of methoxy groups -OCH3 is 1. The highest BCUT2D eigenvalue weighted by Gasteiger charge is 2.21. The van der Waals surface area contributed by atoms with Crippen LogP contribution in [0.5, 0.6) is 5.75 Å². The van der Waals surface area contributed by atoms with Gasteiger partial charge in [-0.3, -0.25) is 0 Å². The third-order valence-corrected chi connectivity index (χ3v) is 6.01. The molecule has 0 unspecified atom stereocenters. The summed E-state index contributed by atoms with van der Waals surface area (Å²) in [5.41, 5.74) is 5.38. The number of aryl methyl sites for hydroxylation is 1. The Kier molecular flexibility index (Phi) is 5.81. The van der Waals surface area contributed by atoms with Gasteiger partial charge in [-0.05, 0) is 72.0 Å². The third-order valence-electron chi connectivity index (χ3n) is 6.01. The standard InChI is InChI=1S/C27H26N4O2/c1-33-22-11-6-18(7-12-22)17-28-27(32)29-21-10-14-24-20(16-21)9-15-26(30-24)31-25-13-8-19-4-2-3-5-23(19)25/h2-7,9-12,14-16,25H,8,13,17H2,1H3,(H,30,31)(H2,28,29,32)/t25-/m1/s1. The van der Waals surface area contributed by atoms with Gasteiger partial charge in [0, 0.05) is 17.6 Å². The van der Waals surface area contributed by atoms with Crippen molar-refractivity contribution in [1.82, 2.24) is 10.3 Å². The fraction of sp³-hybridized carbons (Fsp3) is 0.185. The number of carbonyl (C=O) groups is 1. The predicted octanol–water partition coefficient (Wildman–Crippen LogP) is 5.66. The van der Waals surface area contributed by atoms with Crippen LogP contribution in [0.25, 0.3) is 10.9 Å². The molecule has 6 heteroatoms. The number of rotatable bonds is 6. The van der Waals surface area contributed by atoms with E-state index in [1.807, 2.05) is 54.6 Å². The SMILES string of the molecule is COc1ccc(CNC(=O)Nc2ccc3nc(N[C@@H]4CCc5ccccc54)ccc3c2)cc1. The monoisotopic (exact) mass is 438 g/mol. The summed E-state index contributed by atoms with van der Waals surface area (Å²) in [7, 11) is 1.63. The molecule has 1 atom stereocenters. The van der Waals surface area contributed by atoms with Gasteiger partial charge >= 0.3 is 6.03 Å². The van der Waals surface area contributed by atoms with E-state index in [0.717, 1.165) is 46.6 Å². The highest BCUT2D eigenvalue weighted by atomic mass is 16.5. The van der Waals surface area contributed by atoms with Gasteiger partial charge in [-0.2, -0.15) is 0 Å². The van der Waals surface area contributed by atoms with Crippen molar-refractivity contribution in [1.29, 1.82) is 0 Å². The minimum atomic E-state index is -0.253. The lowest BCUT2D eigenvalue weighted by atomic mass is 10.1. The summed E-state index contributed by atoms with van der Waals surface area (Å²) in [5.74, 6) is 1.65. The molecule has 0 spiro atoms. The van der Waals surface area contributed by atoms with E-state index >= 15 is 0 Å². The number of fused-ring (bicyclic) bond motifs is 2. The summed E-state index contributed by atoms with van der Waals surface area (Å²) in [6.45, 7) is 0.435. The van der Waals surface area contributed by atoms with Gasteiger partial charge in [0.25, 0.3) is 0 Å². The molecule has 1 aliphatic rings. The molecule has 0 bridgehead atoms. The summed E-state index contributed by atoms with van der Waals surface area (Å²) < 4.78 is 5.15. The van der Waals surface area contributed by atoms with Crippen molar-refractivity contribution < 1.29 is 9.53 Å². The number of urea groups is 1. The summed E-state index contributed by atoms with van der Waals surface area (Å²) in [6, 6.07) is 26.0. The van der Waals surface area contributed by atoms with Crippen LogP contribution in [0, 0.1) is 0 Å². The van der Waals surface area contributed by atoms with Crippen LogP contribution in [-0.4, -0.2) is 18.1 Å². The zero-order valence-electron chi connectivity index (χ0n) is 18.5. The number of nitrogens with zero attached hydrogens (tertiary/aromatic N) is 1. The average Bonchev–Trinajstić information content (AvgIpc) is 3.26. The normalized spacial score (nSPS) is 14.5. The van der Waals surface area contributed by atoms with Crippen molar-refractivity contribution in [2.75, 3.05) is 17.7 Å². The minimum Gasteiger partial charge on any atom is -0.497 e. The molecular weight excluding hydrogens is 412 g/mol. The van der Waals surface area contributed by atoms with Gasteiger partial charge in [-0.15, -0.1) is 0 Å². The topological polar surface area (TPSA) is 75.3 Å². The third kappa shape index (κ3) is 4.75. The van der Waals surface area contributed by atoms with E-state index in [-0.39, 0.29) is 6.03 Å². The van der Waals surface area contributed by atoms with Gasteiger partial charge in [0.15, 0.2) is 0 Å². The first-order valence-corrected chi connectivity index (χ1v) is 11.1. The Morgan fingerprint density at radius 3 is 2.73 bits per heavy atom. The zero-order chi connectivity index (χ0) is 22.6. The van der Waals surface area contributed by atoms with Gasteiger partial charge in [-0.1, -0.05) is 36.4 Å². The van der Waals surface area contributed by atoms with Crippen molar-refractivity contribution in [3.05, 3.63) is 95.6 Å². The Labute approximate surface area is 193 Å². The van der Waals surface area contributed by atoms with Crippen LogP contribution in [0.1, 0.15) is 29.2 Å². The summed E-state index contributed by atoms with van der Waals surface area (Å²) in [5, 5.41) is 10.3. The number of ether oxygens (including phenoxy) is 1. The lowest BCUT2D eigenvalue weighted by Gasteiger charge is -2.15. The number of hydrogen-bond donors (Lipinski definition) is 3. The molecular formula is C27H26N4O2. The van der Waals surface area contributed by atoms with Crippen LogP contribution < -0.4 is 20.7 Å². The van der Waals surface area contributed by atoms with Crippen LogP contribution >= 0.6 is 0 Å². The molecule has 0 aliphatic heterocycles. The first-order chi connectivity index (χ1) is 16.2. The lowest BCUT2D eigenvalue weighted by molar-refractivity contribution is 0.251. The Bertz CT molecular complexity index is 1290. The molecule has 33 heavy (non-hydrogen) atoms. The molecule has 6 nitrogen and oxygen atoms in total. The van der Waals surface area contributed by atoms with Crippen LogP contribution in [0.2, 0.25) is 0 Å². The van der Waals surface area contributed by atoms with E-state index in [1.54, 1.807) is 7.11 Å². The van der Waals surface area contributed by atoms with E-state index in [2.05, 4.69) is 40.2 Å². The summed E-state index contributed by atoms with van der Waals surface area (Å²) in [4.78, 5) is 17.1. The molecule has 1 aliphatic carbocycles. The van der Waals surface area contributed by atoms with Crippen LogP contribution in [0.15, 0.2) is 78.9 Å². The summed E-state index contributed by atoms with van der Waals surface area (Å²) >= 11 is 0. The number of nitrogens with one attached hydrogen (secondary N) is 3. The van der Waals surface area contributed by atoms with Crippen molar-refractivity contribution >= 4 is 28.4 Å². The number of carbonyl (C=O) groups excluding carboxylic acids is 1. The van der Waals surface area contributed by atoms with E-state index in [1.165, 1.54) is 11.1 Å². The maximum Gasteiger partial charge on any atom is 0.319 e. The molecule has 1 aromatic heterocycles. The number of benzene rings is 3. The number of pyridine rings is 1. The maximum atomic E-state index is 12.3. The van der Waals surface area contributed by atoms with Crippen LogP contribution in [0.3, 0.4) is 0 Å². The fourth-order valence-corrected chi connectivity index (χ4v) is 4.27. The second kappa shape index (κ2) is 9.20. The first kappa shape index (κ1) is 20.8. The minimum absolute atomic E-state index is 0.253. The number of hydrogen-bond acceptors (Lipinski definition) is 4. The van der Waals surface area contributed by atoms with Gasteiger partial charge in [0.2, 0.25) is 0 Å². The quantitative estimate of drug-likeness (QED) is 0.363. The number of amides is 2. The maximum absolute atomic E-state index is 12.3. The second-order valence-corrected chi connectivity index (χ2v) is 8.19. The van der Waals surface area contributed by atoms with Crippen molar-refractivity contribution in [3.63, 3.8) is 0 Å². The molecule has 0 radical (unpaired) electrons. The van der Waals surface area contributed by atoms with Crippen molar-refractivity contribution in [3.8, 4) is 5.75 Å². The Morgan fingerprint density at radius 2 is 1.88 bits per heavy atom. The first-order valence-electron chi connectivity index (χ1n) is 11.1. The second-order valence-electron chi connectivity index (χ2n) is 8.19. The number of aromatic nitrogens is 1. The van der Waals surface area contributed by atoms with E-state index in [4.69, 9.17) is 9.72 Å². The number of anilines is 2. The van der Waals surface area contributed by atoms with Crippen molar-refractivity contribution in [2.45, 2.75) is 25.4 Å². The molecule has 0 saturated carbocycles. The Morgan fingerprint density at radius 1 is 1.03 bits per heavy atom. The van der Waals surface area contributed by atoms with Gasteiger partial charge in [0.05, 0.1) is 18.7 Å².